The highest BCUT2D eigenvalue weighted by Gasteiger charge is 1.94. The lowest BCUT2D eigenvalue weighted by atomic mass is 10.1. The maximum Gasteiger partial charge on any atom is 0.0533 e. The number of nitrogens with two attached hydrogens (primary N) is 2. The van der Waals surface area contributed by atoms with Crippen molar-refractivity contribution in [3.8, 4) is 0 Å². The smallest absolute Gasteiger partial charge is 0.0533 e. The molecule has 0 atom stereocenters. The zero-order chi connectivity index (χ0) is 14.2. The van der Waals surface area contributed by atoms with Crippen LogP contribution in [0.5, 0.6) is 0 Å². The van der Waals surface area contributed by atoms with Crippen LogP contribution in [-0.4, -0.2) is 32.3 Å². The molecule has 0 aliphatic heterocycles. The Balaban J connectivity index is 2.91. The maximum absolute atomic E-state index is 5.47. The third-order valence-corrected chi connectivity index (χ3v) is 3.29. The molecule has 0 saturated carbocycles. The molecule has 0 heterocycles. The van der Waals surface area contributed by atoms with Crippen LogP contribution in [0.4, 0.5) is 0 Å². The van der Waals surface area contributed by atoms with E-state index in [0.29, 0.717) is 0 Å². The van der Waals surface area contributed by atoms with E-state index in [1.54, 1.807) is 0 Å². The predicted molar refractivity (Wildman–Crippen MR) is 85.1 cm³/mol. The fourth-order valence-corrected chi connectivity index (χ4v) is 2.08. The van der Waals surface area contributed by atoms with Gasteiger partial charge in [-0.25, -0.2) is 0 Å². The number of hydrogen-bond donors (Lipinski definition) is 4. The van der Waals surface area contributed by atoms with E-state index in [9.17, 15) is 0 Å². The van der Waals surface area contributed by atoms with Crippen LogP contribution in [0, 0.1) is 0 Å². The van der Waals surface area contributed by atoms with Crippen molar-refractivity contribution in [2.24, 2.45) is 11.5 Å². The first-order valence-corrected chi connectivity index (χ1v) is 8.20. The van der Waals surface area contributed by atoms with Crippen LogP contribution >= 0.6 is 0 Å². The maximum atomic E-state index is 5.47. The van der Waals surface area contributed by atoms with Gasteiger partial charge in [0.25, 0.3) is 0 Å². The molecule has 0 aromatic heterocycles. The van der Waals surface area contributed by atoms with Gasteiger partial charge in [0.15, 0.2) is 0 Å². The number of unbranched alkanes of at least 4 members (excludes halogenated alkanes) is 6. The van der Waals surface area contributed by atoms with Crippen molar-refractivity contribution in [1.82, 2.24) is 10.6 Å². The molecule has 4 nitrogen and oxygen atoms in total. The van der Waals surface area contributed by atoms with E-state index in [0.717, 1.165) is 19.5 Å². The van der Waals surface area contributed by atoms with Crippen LogP contribution < -0.4 is 22.1 Å². The minimum atomic E-state index is -0.167. The summed E-state index contributed by atoms with van der Waals surface area (Å²) >= 11 is 0. The van der Waals surface area contributed by atoms with Gasteiger partial charge in [0.1, 0.15) is 0 Å². The summed E-state index contributed by atoms with van der Waals surface area (Å²) in [6, 6.07) is 0. The van der Waals surface area contributed by atoms with Gasteiger partial charge in [-0.05, 0) is 51.9 Å². The molecule has 0 bridgehead atoms. The average Bonchev–Trinajstić information content (AvgIpc) is 2.39. The van der Waals surface area contributed by atoms with Crippen LogP contribution in [0.25, 0.3) is 0 Å². The molecule has 0 rings (SSSR count). The summed E-state index contributed by atoms with van der Waals surface area (Å²) in [6.07, 6.45) is 11.4. The van der Waals surface area contributed by atoms with Gasteiger partial charge < -0.3 is 22.1 Å². The molecule has 4 heteroatoms. The lowest BCUT2D eigenvalue weighted by molar-refractivity contribution is 0.529. The van der Waals surface area contributed by atoms with Gasteiger partial charge >= 0.3 is 0 Å². The van der Waals surface area contributed by atoms with Crippen LogP contribution in [0.15, 0.2) is 0 Å². The van der Waals surface area contributed by atoms with Gasteiger partial charge in [0.05, 0.1) is 6.17 Å². The predicted octanol–water partition coefficient (Wildman–Crippen LogP) is 1.94. The fourth-order valence-electron chi connectivity index (χ4n) is 2.08. The van der Waals surface area contributed by atoms with Gasteiger partial charge in [0.2, 0.25) is 0 Å². The van der Waals surface area contributed by atoms with E-state index in [1.165, 1.54) is 64.5 Å². The van der Waals surface area contributed by atoms with E-state index in [2.05, 4.69) is 17.6 Å². The molecule has 0 aliphatic rings. The summed E-state index contributed by atoms with van der Waals surface area (Å²) in [7, 11) is 0. The second-order valence-electron chi connectivity index (χ2n) is 5.43. The first-order chi connectivity index (χ1) is 9.27. The monoisotopic (exact) mass is 272 g/mol. The average molecular weight is 272 g/mol. The Morgan fingerprint density at radius 3 is 1.63 bits per heavy atom. The molecule has 0 spiro atoms. The second-order valence-corrected chi connectivity index (χ2v) is 5.43. The molecule has 0 amide bonds. The third kappa shape index (κ3) is 17.8. The molecule has 0 saturated heterocycles. The molecule has 0 fully saturated rings. The highest BCUT2D eigenvalue weighted by molar-refractivity contribution is 4.55. The molecule has 116 valence electrons. The van der Waals surface area contributed by atoms with Gasteiger partial charge in [0, 0.05) is 0 Å². The summed E-state index contributed by atoms with van der Waals surface area (Å²) < 4.78 is 0. The van der Waals surface area contributed by atoms with Crippen LogP contribution in [-0.2, 0) is 0 Å². The highest BCUT2D eigenvalue weighted by atomic mass is 14.9. The van der Waals surface area contributed by atoms with Crippen LogP contribution in [0.3, 0.4) is 0 Å². The van der Waals surface area contributed by atoms with E-state index in [1.807, 2.05) is 0 Å². The van der Waals surface area contributed by atoms with Gasteiger partial charge in [-0.1, -0.05) is 39.0 Å². The summed E-state index contributed by atoms with van der Waals surface area (Å²) in [5.41, 5.74) is 10.9. The normalized spacial score (nSPS) is 11.4. The minimum absolute atomic E-state index is 0.167. The Kier molecular flexibility index (Phi) is 15.8. The van der Waals surface area contributed by atoms with Crippen molar-refractivity contribution < 1.29 is 0 Å². The molecular formula is C15H36N4. The number of rotatable bonds is 15. The first-order valence-electron chi connectivity index (χ1n) is 8.20. The SMILES string of the molecule is CCCNCCCCCCCCCNCCC(N)N. The lowest BCUT2D eigenvalue weighted by Crippen LogP contribution is -2.34. The first kappa shape index (κ1) is 18.8. The van der Waals surface area contributed by atoms with Crippen molar-refractivity contribution in [2.45, 2.75) is 70.9 Å². The Bertz CT molecular complexity index is 162. The Morgan fingerprint density at radius 1 is 0.684 bits per heavy atom. The number of nitrogens with one attached hydrogen (secondary N) is 2. The van der Waals surface area contributed by atoms with Crippen molar-refractivity contribution in [2.75, 3.05) is 26.2 Å². The van der Waals surface area contributed by atoms with E-state index in [-0.39, 0.29) is 6.17 Å². The molecule has 19 heavy (non-hydrogen) atoms. The molecule has 0 aromatic rings. The minimum Gasteiger partial charge on any atom is -0.317 e. The zero-order valence-electron chi connectivity index (χ0n) is 12.9. The van der Waals surface area contributed by atoms with E-state index >= 15 is 0 Å². The topological polar surface area (TPSA) is 76.1 Å². The number of hydrogen-bond acceptors (Lipinski definition) is 4. The Hall–Kier alpha value is -0.160. The van der Waals surface area contributed by atoms with Crippen molar-refractivity contribution >= 4 is 0 Å². The Labute approximate surface area is 120 Å². The molecule has 0 aromatic carbocycles. The van der Waals surface area contributed by atoms with E-state index < -0.39 is 0 Å². The van der Waals surface area contributed by atoms with Crippen LogP contribution in [0.1, 0.15) is 64.7 Å². The van der Waals surface area contributed by atoms with Crippen molar-refractivity contribution in [3.05, 3.63) is 0 Å². The molecular weight excluding hydrogens is 236 g/mol. The molecule has 6 N–H and O–H groups in total. The van der Waals surface area contributed by atoms with Crippen LogP contribution in [0.2, 0.25) is 0 Å². The van der Waals surface area contributed by atoms with Crippen molar-refractivity contribution in [3.63, 3.8) is 0 Å². The third-order valence-electron chi connectivity index (χ3n) is 3.29. The Morgan fingerprint density at radius 2 is 1.16 bits per heavy atom. The molecule has 0 unspecified atom stereocenters. The summed E-state index contributed by atoms with van der Waals surface area (Å²) in [5, 5.41) is 6.83. The quantitative estimate of drug-likeness (QED) is 0.271. The highest BCUT2D eigenvalue weighted by Crippen LogP contribution is 2.06. The fraction of sp³-hybridized carbons (Fsp3) is 1.00. The molecule has 0 radical (unpaired) electrons. The summed E-state index contributed by atoms with van der Waals surface area (Å²) in [4.78, 5) is 0. The summed E-state index contributed by atoms with van der Waals surface area (Å²) in [6.45, 7) is 6.63. The largest absolute Gasteiger partial charge is 0.317 e. The standard InChI is InChI=1S/C15H36N4/c1-2-11-18-12-8-6-4-3-5-7-9-13-19-14-10-15(16)17/h15,18-19H,2-14,16-17H2,1H3. The van der Waals surface area contributed by atoms with Crippen molar-refractivity contribution in [1.29, 1.82) is 0 Å². The zero-order valence-corrected chi connectivity index (χ0v) is 12.9. The summed E-state index contributed by atoms with van der Waals surface area (Å²) in [5.74, 6) is 0. The second kappa shape index (κ2) is 15.9. The van der Waals surface area contributed by atoms with Gasteiger partial charge in [-0.3, -0.25) is 0 Å². The van der Waals surface area contributed by atoms with E-state index in [4.69, 9.17) is 11.5 Å². The van der Waals surface area contributed by atoms with Gasteiger partial charge in [-0.15, -0.1) is 0 Å². The molecule has 0 aliphatic carbocycles. The van der Waals surface area contributed by atoms with Gasteiger partial charge in [-0.2, -0.15) is 0 Å². The lowest BCUT2D eigenvalue weighted by Gasteiger charge is -2.07.